The van der Waals surface area contributed by atoms with E-state index in [1.54, 1.807) is 0 Å². The van der Waals surface area contributed by atoms with Crippen molar-refractivity contribution in [3.63, 3.8) is 0 Å². The van der Waals surface area contributed by atoms with E-state index in [0.29, 0.717) is 0 Å². The molecule has 0 aliphatic heterocycles. The zero-order valence-electron chi connectivity index (χ0n) is 8.36. The van der Waals surface area contributed by atoms with Crippen LogP contribution in [0.4, 0.5) is 0 Å². The van der Waals surface area contributed by atoms with Gasteiger partial charge < -0.3 is 0 Å². The second kappa shape index (κ2) is 5.05. The molecular formula is C9H19NSn. The van der Waals surface area contributed by atoms with Gasteiger partial charge >= 0.3 is 75.4 Å². The molecule has 0 bridgehead atoms. The summed E-state index contributed by atoms with van der Waals surface area (Å²) in [6, 6.07) is 0. The van der Waals surface area contributed by atoms with Crippen molar-refractivity contribution in [3.8, 4) is 9.86 Å². The van der Waals surface area contributed by atoms with Crippen LogP contribution in [0.5, 0.6) is 0 Å². The van der Waals surface area contributed by atoms with E-state index in [0.717, 1.165) is 13.1 Å². The van der Waals surface area contributed by atoms with Crippen LogP contribution >= 0.6 is 0 Å². The van der Waals surface area contributed by atoms with Crippen molar-refractivity contribution in [3.05, 3.63) is 0 Å². The number of rotatable bonds is 3. The number of nitrogens with zero attached hydrogens (tertiary/aromatic N) is 1. The monoisotopic (exact) mass is 261 g/mol. The van der Waals surface area contributed by atoms with Crippen molar-refractivity contribution >= 4 is 18.7 Å². The van der Waals surface area contributed by atoms with Crippen LogP contribution in [0, 0.1) is 9.86 Å². The van der Waals surface area contributed by atoms with Crippen molar-refractivity contribution in [2.24, 2.45) is 0 Å². The van der Waals surface area contributed by atoms with Gasteiger partial charge in [-0.3, -0.25) is 0 Å². The van der Waals surface area contributed by atoms with E-state index in [2.05, 4.69) is 36.7 Å². The van der Waals surface area contributed by atoms with Crippen LogP contribution in [0.1, 0.15) is 20.8 Å². The Morgan fingerprint density at radius 3 is 1.91 bits per heavy atom. The van der Waals surface area contributed by atoms with E-state index >= 15 is 0 Å². The van der Waals surface area contributed by atoms with Gasteiger partial charge in [-0.05, 0) is 0 Å². The van der Waals surface area contributed by atoms with Gasteiger partial charge in [-0.1, -0.05) is 0 Å². The fraction of sp³-hybridized carbons (Fsp3) is 0.778. The number of hydrogen-bond donors (Lipinski definition) is 0. The maximum atomic E-state index is 3.41. The number of hydrogen-bond acceptors (Lipinski definition) is 1. The SMILES string of the molecule is CC#[C][Sn]([CH3])([CH3])[N](CC)CC. The molecule has 0 aromatic rings. The molecule has 0 saturated heterocycles. The van der Waals surface area contributed by atoms with Crippen LogP contribution in [-0.2, 0) is 0 Å². The van der Waals surface area contributed by atoms with Gasteiger partial charge in [-0.2, -0.15) is 0 Å². The Kier molecular flexibility index (Phi) is 5.20. The first-order valence-corrected chi connectivity index (χ1v) is 12.7. The van der Waals surface area contributed by atoms with E-state index < -0.39 is 18.7 Å². The van der Waals surface area contributed by atoms with Crippen molar-refractivity contribution in [1.29, 1.82) is 0 Å². The summed E-state index contributed by atoms with van der Waals surface area (Å²) in [5, 5.41) is 0. The van der Waals surface area contributed by atoms with E-state index in [4.69, 9.17) is 0 Å². The Morgan fingerprint density at radius 1 is 1.18 bits per heavy atom. The van der Waals surface area contributed by atoms with E-state index in [-0.39, 0.29) is 0 Å². The summed E-state index contributed by atoms with van der Waals surface area (Å²) in [6.45, 7) is 8.71. The molecule has 0 rings (SSSR count). The van der Waals surface area contributed by atoms with Crippen molar-refractivity contribution < 1.29 is 0 Å². The Hall–Kier alpha value is 0.319. The van der Waals surface area contributed by atoms with Crippen molar-refractivity contribution in [2.75, 3.05) is 13.1 Å². The topological polar surface area (TPSA) is 3.24 Å². The van der Waals surface area contributed by atoms with Gasteiger partial charge in [-0.25, -0.2) is 0 Å². The van der Waals surface area contributed by atoms with Gasteiger partial charge in [0.05, 0.1) is 0 Å². The Labute approximate surface area is 75.4 Å². The molecule has 0 amide bonds. The second-order valence-electron chi connectivity index (χ2n) is 3.11. The molecule has 0 aromatic heterocycles. The van der Waals surface area contributed by atoms with Crippen LogP contribution in [0.2, 0.25) is 9.88 Å². The summed E-state index contributed by atoms with van der Waals surface area (Å²) in [7, 11) is 0. The predicted molar refractivity (Wildman–Crippen MR) is 53.9 cm³/mol. The van der Waals surface area contributed by atoms with E-state index in [1.807, 2.05) is 6.92 Å². The zero-order valence-corrected chi connectivity index (χ0v) is 11.2. The summed E-state index contributed by atoms with van der Waals surface area (Å²) in [6.07, 6.45) is 0. The van der Waals surface area contributed by atoms with Crippen molar-refractivity contribution in [1.82, 2.24) is 3.12 Å². The fourth-order valence-corrected chi connectivity index (χ4v) is 8.11. The zero-order chi connectivity index (χ0) is 8.91. The molecule has 64 valence electrons. The molecule has 1 nitrogen and oxygen atoms in total. The first-order valence-electron chi connectivity index (χ1n) is 4.27. The normalized spacial score (nSPS) is 11.1. The third kappa shape index (κ3) is 3.48. The molecule has 0 N–H and O–H groups in total. The molecule has 0 radical (unpaired) electrons. The third-order valence-electron chi connectivity index (χ3n) is 1.98. The Morgan fingerprint density at radius 2 is 1.64 bits per heavy atom. The van der Waals surface area contributed by atoms with Crippen LogP contribution < -0.4 is 0 Å². The predicted octanol–water partition coefficient (Wildman–Crippen LogP) is 2.10. The van der Waals surface area contributed by atoms with Gasteiger partial charge in [0.25, 0.3) is 0 Å². The Bertz CT molecular complexity index is 160. The van der Waals surface area contributed by atoms with Gasteiger partial charge in [0, 0.05) is 0 Å². The van der Waals surface area contributed by atoms with Gasteiger partial charge in [0.2, 0.25) is 0 Å². The average Bonchev–Trinajstić information content (AvgIpc) is 1.89. The summed E-state index contributed by atoms with van der Waals surface area (Å²) in [5.41, 5.74) is 0. The first kappa shape index (κ1) is 11.3. The molecule has 0 atom stereocenters. The molecule has 0 fully saturated rings. The molecule has 0 aliphatic rings. The molecule has 0 unspecified atom stereocenters. The first-order chi connectivity index (χ1) is 5.08. The van der Waals surface area contributed by atoms with Crippen LogP contribution in [0.25, 0.3) is 0 Å². The standard InChI is InChI=1S/C4H10N.C3H3.2CH3.Sn/c1-3-5-4-2;1-3-2;;;/h3-4H2,1-2H3;1H3;2*1H3;/q-1;;;;+1. The quantitative estimate of drug-likeness (QED) is 0.554. The van der Waals surface area contributed by atoms with Crippen molar-refractivity contribution in [2.45, 2.75) is 30.7 Å². The molecule has 11 heavy (non-hydrogen) atoms. The molecule has 0 aliphatic carbocycles. The average molecular weight is 260 g/mol. The van der Waals surface area contributed by atoms with Gasteiger partial charge in [0.1, 0.15) is 0 Å². The summed E-state index contributed by atoms with van der Waals surface area (Å²) in [5.74, 6) is 3.06. The minimum atomic E-state index is -2.08. The van der Waals surface area contributed by atoms with Crippen LogP contribution in [-0.4, -0.2) is 34.9 Å². The van der Waals surface area contributed by atoms with Gasteiger partial charge in [-0.15, -0.1) is 0 Å². The molecule has 0 saturated carbocycles. The summed E-state index contributed by atoms with van der Waals surface area (Å²) in [4.78, 5) is 4.75. The summed E-state index contributed by atoms with van der Waals surface area (Å²) < 4.78 is 5.97. The third-order valence-corrected chi connectivity index (χ3v) is 10.8. The molecule has 2 heteroatoms. The molecule has 0 spiro atoms. The molecule has 0 heterocycles. The second-order valence-corrected chi connectivity index (χ2v) is 14.5. The Balaban J connectivity index is 4.32. The van der Waals surface area contributed by atoms with Crippen LogP contribution in [0.15, 0.2) is 0 Å². The fourth-order valence-electron chi connectivity index (χ4n) is 1.40. The maximum absolute atomic E-state index is 3.41. The minimum absolute atomic E-state index is 1.16. The van der Waals surface area contributed by atoms with Gasteiger partial charge in [0.15, 0.2) is 0 Å². The summed E-state index contributed by atoms with van der Waals surface area (Å²) >= 11 is -2.08. The molecular weight excluding hydrogens is 241 g/mol. The molecule has 0 aromatic carbocycles. The van der Waals surface area contributed by atoms with Crippen LogP contribution in [0.3, 0.4) is 0 Å². The van der Waals surface area contributed by atoms with E-state index in [1.165, 1.54) is 0 Å². The van der Waals surface area contributed by atoms with E-state index in [9.17, 15) is 0 Å².